The van der Waals surface area contributed by atoms with Crippen molar-refractivity contribution in [2.24, 2.45) is 0 Å². The van der Waals surface area contributed by atoms with Crippen molar-refractivity contribution >= 4 is 22.5 Å². The van der Waals surface area contributed by atoms with Gasteiger partial charge in [-0.2, -0.15) is 0 Å². The largest absolute Gasteiger partial charge is 0.334 e. The molecule has 0 radical (unpaired) electrons. The normalized spacial score (nSPS) is 16.4. The molecule has 1 aromatic carbocycles. The van der Waals surface area contributed by atoms with E-state index in [0.717, 1.165) is 6.07 Å². The van der Waals surface area contributed by atoms with Gasteiger partial charge in [-0.15, -0.1) is 0 Å². The van der Waals surface area contributed by atoms with Crippen LogP contribution in [0.15, 0.2) is 18.2 Å². The molecular formula is C13H14FNO3S. The summed E-state index contributed by atoms with van der Waals surface area (Å²) in [5.74, 6) is -1.11. The number of amides is 1. The number of carbonyl (C=O) groups excluding carboxylic acids is 2. The summed E-state index contributed by atoms with van der Waals surface area (Å²) in [5, 5.41) is 0. The smallest absolute Gasteiger partial charge is 0.295 e. The molecule has 0 spiro atoms. The summed E-state index contributed by atoms with van der Waals surface area (Å²) in [5.41, 5.74) is 0.664. The molecule has 1 aliphatic heterocycles. The summed E-state index contributed by atoms with van der Waals surface area (Å²) in [7, 11) is -0.908. The molecule has 0 N–H and O–H groups in total. The molecule has 1 aliphatic rings. The van der Waals surface area contributed by atoms with Gasteiger partial charge in [0.2, 0.25) is 0 Å². The van der Waals surface area contributed by atoms with Crippen LogP contribution in [-0.2, 0) is 15.6 Å². The van der Waals surface area contributed by atoms with Crippen molar-refractivity contribution in [2.45, 2.75) is 6.92 Å². The van der Waals surface area contributed by atoms with Gasteiger partial charge in [0.15, 0.2) is 0 Å². The molecule has 0 saturated carbocycles. The van der Waals surface area contributed by atoms with Crippen molar-refractivity contribution in [1.29, 1.82) is 0 Å². The number of Topliss-reactive ketones (excluding diaryl/α,β-unsaturated/α-hetero) is 1. The molecule has 1 saturated heterocycles. The molecule has 0 unspecified atom stereocenters. The van der Waals surface area contributed by atoms with Crippen LogP contribution in [0.5, 0.6) is 0 Å². The number of hydrogen-bond acceptors (Lipinski definition) is 3. The first-order valence-electron chi connectivity index (χ1n) is 5.94. The Balaban J connectivity index is 2.17. The fourth-order valence-corrected chi connectivity index (χ4v) is 2.99. The molecule has 1 fully saturated rings. The standard InChI is InChI=1S/C13H14FNO3S/c1-9-2-3-10(14)8-11(9)12(16)13(17)15-4-6-19(18)7-5-15/h2-3,8H,4-7H2,1H3. The second-order valence-electron chi connectivity index (χ2n) is 4.43. The summed E-state index contributed by atoms with van der Waals surface area (Å²) >= 11 is 0. The van der Waals surface area contributed by atoms with E-state index >= 15 is 0 Å². The van der Waals surface area contributed by atoms with Crippen molar-refractivity contribution in [3.05, 3.63) is 35.1 Å². The highest BCUT2D eigenvalue weighted by atomic mass is 32.2. The molecule has 0 atom stereocenters. The molecule has 19 heavy (non-hydrogen) atoms. The lowest BCUT2D eigenvalue weighted by atomic mass is 10.0. The number of hydrogen-bond donors (Lipinski definition) is 0. The highest BCUT2D eigenvalue weighted by molar-refractivity contribution is 7.85. The fraction of sp³-hybridized carbons (Fsp3) is 0.385. The van der Waals surface area contributed by atoms with Gasteiger partial charge in [0.25, 0.3) is 11.7 Å². The number of aryl methyl sites for hydroxylation is 1. The van der Waals surface area contributed by atoms with Crippen LogP contribution in [0, 0.1) is 12.7 Å². The minimum atomic E-state index is -0.908. The Bertz CT molecular complexity index is 549. The van der Waals surface area contributed by atoms with Gasteiger partial charge in [-0.25, -0.2) is 4.39 Å². The van der Waals surface area contributed by atoms with Gasteiger partial charge >= 0.3 is 0 Å². The zero-order chi connectivity index (χ0) is 14.0. The average Bonchev–Trinajstić information content (AvgIpc) is 2.41. The molecule has 1 amide bonds. The van der Waals surface area contributed by atoms with Gasteiger partial charge in [-0.05, 0) is 24.6 Å². The highest BCUT2D eigenvalue weighted by Crippen LogP contribution is 2.13. The second-order valence-corrected chi connectivity index (χ2v) is 6.12. The summed E-state index contributed by atoms with van der Waals surface area (Å²) in [4.78, 5) is 25.5. The first-order valence-corrected chi connectivity index (χ1v) is 7.42. The van der Waals surface area contributed by atoms with Gasteiger partial charge in [0.05, 0.1) is 0 Å². The van der Waals surface area contributed by atoms with Crippen molar-refractivity contribution < 1.29 is 18.2 Å². The third-order valence-electron chi connectivity index (χ3n) is 3.10. The number of ketones is 1. The predicted molar refractivity (Wildman–Crippen MR) is 69.9 cm³/mol. The van der Waals surface area contributed by atoms with Crippen LogP contribution in [0.1, 0.15) is 15.9 Å². The van der Waals surface area contributed by atoms with Crippen LogP contribution in [0.4, 0.5) is 4.39 Å². The minimum Gasteiger partial charge on any atom is -0.334 e. The van der Waals surface area contributed by atoms with E-state index in [1.54, 1.807) is 6.92 Å². The van der Waals surface area contributed by atoms with Crippen LogP contribution < -0.4 is 0 Å². The average molecular weight is 283 g/mol. The quantitative estimate of drug-likeness (QED) is 0.599. The van der Waals surface area contributed by atoms with Crippen LogP contribution in [0.3, 0.4) is 0 Å². The van der Waals surface area contributed by atoms with Crippen LogP contribution in [0.2, 0.25) is 0 Å². The maximum Gasteiger partial charge on any atom is 0.295 e. The molecule has 4 nitrogen and oxygen atoms in total. The maximum atomic E-state index is 13.1. The van der Waals surface area contributed by atoms with E-state index in [4.69, 9.17) is 0 Å². The predicted octanol–water partition coefficient (Wildman–Crippen LogP) is 0.908. The first kappa shape index (κ1) is 13.9. The van der Waals surface area contributed by atoms with E-state index in [-0.39, 0.29) is 5.56 Å². The lowest BCUT2D eigenvalue weighted by Gasteiger charge is -2.25. The maximum absolute atomic E-state index is 13.1. The van der Waals surface area contributed by atoms with Crippen LogP contribution >= 0.6 is 0 Å². The minimum absolute atomic E-state index is 0.0942. The third-order valence-corrected chi connectivity index (χ3v) is 4.38. The summed E-state index contributed by atoms with van der Waals surface area (Å²) < 4.78 is 24.4. The Kier molecular flexibility index (Phi) is 4.09. The third kappa shape index (κ3) is 3.07. The van der Waals surface area contributed by atoms with Gasteiger partial charge < -0.3 is 4.90 Å². The van der Waals surface area contributed by atoms with E-state index < -0.39 is 28.3 Å². The van der Waals surface area contributed by atoms with E-state index in [0.29, 0.717) is 30.2 Å². The fourth-order valence-electron chi connectivity index (χ4n) is 1.94. The van der Waals surface area contributed by atoms with Crippen molar-refractivity contribution in [2.75, 3.05) is 24.6 Å². The zero-order valence-corrected chi connectivity index (χ0v) is 11.3. The summed E-state index contributed by atoms with van der Waals surface area (Å²) in [6.45, 7) is 2.28. The number of carbonyl (C=O) groups is 2. The topological polar surface area (TPSA) is 54.5 Å². The second kappa shape index (κ2) is 5.61. The Labute approximate surface area is 113 Å². The van der Waals surface area contributed by atoms with Crippen LogP contribution in [-0.4, -0.2) is 45.4 Å². The van der Waals surface area contributed by atoms with Crippen molar-refractivity contribution in [3.63, 3.8) is 0 Å². The molecule has 102 valence electrons. The van der Waals surface area contributed by atoms with E-state index in [1.165, 1.54) is 17.0 Å². The number of rotatable bonds is 2. The Hall–Kier alpha value is -1.56. The van der Waals surface area contributed by atoms with Gasteiger partial charge in [-0.3, -0.25) is 13.8 Å². The molecule has 0 bridgehead atoms. The molecule has 1 heterocycles. The Morgan fingerprint density at radius 2 is 1.89 bits per heavy atom. The monoisotopic (exact) mass is 283 g/mol. The lowest BCUT2D eigenvalue weighted by molar-refractivity contribution is -0.126. The van der Waals surface area contributed by atoms with Crippen molar-refractivity contribution in [3.8, 4) is 0 Å². The highest BCUT2D eigenvalue weighted by Gasteiger charge is 2.27. The van der Waals surface area contributed by atoms with E-state index in [9.17, 15) is 18.2 Å². The SMILES string of the molecule is Cc1ccc(F)cc1C(=O)C(=O)N1CCS(=O)CC1. The summed E-state index contributed by atoms with van der Waals surface area (Å²) in [6.07, 6.45) is 0. The van der Waals surface area contributed by atoms with Crippen molar-refractivity contribution in [1.82, 2.24) is 4.90 Å². The number of halogens is 1. The molecule has 0 aliphatic carbocycles. The zero-order valence-electron chi connectivity index (χ0n) is 10.5. The number of benzene rings is 1. The van der Waals surface area contributed by atoms with Gasteiger partial charge in [0.1, 0.15) is 5.82 Å². The van der Waals surface area contributed by atoms with E-state index in [2.05, 4.69) is 0 Å². The first-order chi connectivity index (χ1) is 8.99. The van der Waals surface area contributed by atoms with Crippen LogP contribution in [0.25, 0.3) is 0 Å². The molecule has 6 heteroatoms. The summed E-state index contributed by atoms with van der Waals surface area (Å²) in [6, 6.07) is 3.80. The Morgan fingerprint density at radius 1 is 1.26 bits per heavy atom. The molecule has 0 aromatic heterocycles. The molecule has 1 aromatic rings. The van der Waals surface area contributed by atoms with Gasteiger partial charge in [-0.1, -0.05) is 6.07 Å². The lowest BCUT2D eigenvalue weighted by Crippen LogP contribution is -2.45. The molecular weight excluding hydrogens is 269 g/mol. The van der Waals surface area contributed by atoms with E-state index in [1.807, 2.05) is 0 Å². The Morgan fingerprint density at radius 3 is 2.53 bits per heavy atom. The number of nitrogens with zero attached hydrogens (tertiary/aromatic N) is 1. The molecule has 2 rings (SSSR count). The van der Waals surface area contributed by atoms with Gasteiger partial charge in [0, 0.05) is 41.0 Å².